The molecular weight excluding hydrogens is 474 g/mol. The topological polar surface area (TPSA) is 183 Å². The summed E-state index contributed by atoms with van der Waals surface area (Å²) in [4.78, 5) is 20.6. The van der Waals surface area contributed by atoms with E-state index in [2.05, 4.69) is 16.3 Å². The molecule has 0 saturated carbocycles. The van der Waals surface area contributed by atoms with Gasteiger partial charge in [0.1, 0.15) is 5.75 Å². The van der Waals surface area contributed by atoms with Gasteiger partial charge in [-0.1, -0.05) is 0 Å². The number of morpholine rings is 1. The number of anilines is 5. The zero-order valence-electron chi connectivity index (χ0n) is 21.4. The molecule has 3 aliphatic heterocycles. The number of hydrogen-bond donors (Lipinski definition) is 5. The maximum atomic E-state index is 6.26. The van der Waals surface area contributed by atoms with Crippen molar-refractivity contribution in [3.8, 4) is 5.75 Å². The van der Waals surface area contributed by atoms with E-state index in [1.165, 1.54) is 0 Å². The molecule has 5 rings (SSSR count). The van der Waals surface area contributed by atoms with Gasteiger partial charge in [0.05, 0.1) is 26.0 Å². The van der Waals surface area contributed by atoms with Crippen molar-refractivity contribution in [1.29, 1.82) is 0 Å². The summed E-state index contributed by atoms with van der Waals surface area (Å²) in [5, 5.41) is 3.35. The summed E-state index contributed by atoms with van der Waals surface area (Å²) in [5.41, 5.74) is 26.9. The first-order chi connectivity index (χ1) is 17.9. The average Bonchev–Trinajstić information content (AvgIpc) is 2.88. The van der Waals surface area contributed by atoms with Gasteiger partial charge in [-0.05, 0) is 25.0 Å². The zero-order valence-corrected chi connectivity index (χ0v) is 21.4. The van der Waals surface area contributed by atoms with Crippen molar-refractivity contribution < 1.29 is 9.47 Å². The molecule has 0 spiro atoms. The fourth-order valence-corrected chi connectivity index (χ4v) is 5.30. The average molecular weight is 514 g/mol. The van der Waals surface area contributed by atoms with Gasteiger partial charge < -0.3 is 52.4 Å². The first kappa shape index (κ1) is 25.7. The Morgan fingerprint density at radius 2 is 1.35 bits per heavy atom. The molecule has 4 unspecified atom stereocenters. The van der Waals surface area contributed by atoms with Gasteiger partial charge in [-0.2, -0.15) is 15.0 Å². The normalized spacial score (nSPS) is 26.8. The minimum Gasteiger partial charge on any atom is -0.494 e. The number of hydrogen-bond acceptors (Lipinski definition) is 13. The van der Waals surface area contributed by atoms with Crippen LogP contribution in [0.25, 0.3) is 0 Å². The van der Waals surface area contributed by atoms with Crippen LogP contribution in [0.2, 0.25) is 0 Å². The van der Waals surface area contributed by atoms with Crippen LogP contribution in [0.15, 0.2) is 18.2 Å². The fraction of sp³-hybridized carbons (Fsp3) is 0.625. The lowest BCUT2D eigenvalue weighted by Gasteiger charge is -2.37. The van der Waals surface area contributed by atoms with E-state index in [-0.39, 0.29) is 24.2 Å². The largest absolute Gasteiger partial charge is 0.494 e. The zero-order chi connectivity index (χ0) is 25.9. The van der Waals surface area contributed by atoms with E-state index >= 15 is 0 Å². The Morgan fingerprint density at radius 3 is 1.86 bits per heavy atom. The van der Waals surface area contributed by atoms with Crippen LogP contribution in [-0.4, -0.2) is 98.7 Å². The molecule has 0 amide bonds. The number of nitrogens with one attached hydrogen (secondary N) is 1. The van der Waals surface area contributed by atoms with Gasteiger partial charge in [0.25, 0.3) is 0 Å². The number of rotatable bonds is 6. The van der Waals surface area contributed by atoms with Crippen molar-refractivity contribution in [3.63, 3.8) is 0 Å². The molecule has 37 heavy (non-hydrogen) atoms. The van der Waals surface area contributed by atoms with Gasteiger partial charge in [0, 0.05) is 75.2 Å². The number of nitrogens with zero attached hydrogens (tertiary/aromatic N) is 6. The third-order valence-electron chi connectivity index (χ3n) is 7.02. The highest BCUT2D eigenvalue weighted by Gasteiger charge is 2.29. The highest BCUT2D eigenvalue weighted by molar-refractivity contribution is 5.69. The van der Waals surface area contributed by atoms with Crippen molar-refractivity contribution in [2.24, 2.45) is 22.9 Å². The second-order valence-electron chi connectivity index (χ2n) is 10.2. The van der Waals surface area contributed by atoms with Crippen LogP contribution in [0.4, 0.5) is 29.2 Å². The van der Waals surface area contributed by atoms with Gasteiger partial charge >= 0.3 is 0 Å². The Kier molecular flexibility index (Phi) is 7.76. The second-order valence-corrected chi connectivity index (χ2v) is 10.2. The molecule has 2 aromatic rings. The van der Waals surface area contributed by atoms with E-state index in [0.29, 0.717) is 63.0 Å². The van der Waals surface area contributed by atoms with Crippen LogP contribution in [0.5, 0.6) is 5.75 Å². The standard InChI is InChI=1S/C24H39N11O2/c1-36-21-10-19(33-4-6-37-7-5-33)2-3-20(21)29-22-30-23(34-11-15(25)8-16(26)12-34)32-24(31-22)35-13-17(27)9-18(28)14-35/h2-3,10,15-18H,4-9,11-14,25-28H2,1H3,(H,29,30,31,32). The lowest BCUT2D eigenvalue weighted by Crippen LogP contribution is -2.54. The van der Waals surface area contributed by atoms with Crippen molar-refractivity contribution in [1.82, 2.24) is 15.0 Å². The predicted molar refractivity (Wildman–Crippen MR) is 145 cm³/mol. The molecule has 1 aromatic heterocycles. The lowest BCUT2D eigenvalue weighted by atomic mass is 10.0. The summed E-state index contributed by atoms with van der Waals surface area (Å²) in [7, 11) is 1.65. The van der Waals surface area contributed by atoms with E-state index in [1.807, 2.05) is 21.9 Å². The Morgan fingerprint density at radius 1 is 0.811 bits per heavy atom. The quantitative estimate of drug-likeness (QED) is 0.323. The third kappa shape index (κ3) is 6.13. The summed E-state index contributed by atoms with van der Waals surface area (Å²) in [5.74, 6) is 2.14. The van der Waals surface area contributed by atoms with Crippen LogP contribution >= 0.6 is 0 Å². The van der Waals surface area contributed by atoms with Crippen LogP contribution < -0.4 is 47.7 Å². The molecule has 0 aliphatic carbocycles. The van der Waals surface area contributed by atoms with Gasteiger partial charge in [-0.3, -0.25) is 0 Å². The minimum atomic E-state index is -0.0509. The van der Waals surface area contributed by atoms with Crippen LogP contribution in [-0.2, 0) is 4.74 Å². The van der Waals surface area contributed by atoms with Crippen molar-refractivity contribution in [3.05, 3.63) is 18.2 Å². The maximum absolute atomic E-state index is 6.26. The monoisotopic (exact) mass is 513 g/mol. The summed E-state index contributed by atoms with van der Waals surface area (Å²) in [6.07, 6.45) is 1.53. The number of methoxy groups -OCH3 is 1. The second kappa shape index (κ2) is 11.2. The molecule has 4 atom stereocenters. The Balaban J connectivity index is 1.46. The molecule has 1 aromatic carbocycles. The lowest BCUT2D eigenvalue weighted by molar-refractivity contribution is 0.122. The molecule has 13 nitrogen and oxygen atoms in total. The van der Waals surface area contributed by atoms with Crippen LogP contribution in [0, 0.1) is 0 Å². The summed E-state index contributed by atoms with van der Waals surface area (Å²) in [6, 6.07) is 5.85. The molecular formula is C24H39N11O2. The summed E-state index contributed by atoms with van der Waals surface area (Å²) >= 11 is 0. The maximum Gasteiger partial charge on any atom is 0.233 e. The molecule has 3 aliphatic rings. The molecule has 9 N–H and O–H groups in total. The summed E-state index contributed by atoms with van der Waals surface area (Å²) in [6.45, 7) is 5.59. The number of piperidine rings is 2. The van der Waals surface area contributed by atoms with Gasteiger partial charge in [0.2, 0.25) is 17.8 Å². The van der Waals surface area contributed by atoms with Gasteiger partial charge in [-0.15, -0.1) is 0 Å². The van der Waals surface area contributed by atoms with Gasteiger partial charge in [-0.25, -0.2) is 0 Å². The van der Waals surface area contributed by atoms with E-state index in [0.717, 1.165) is 37.3 Å². The number of benzene rings is 1. The number of nitrogens with two attached hydrogens (primary N) is 4. The van der Waals surface area contributed by atoms with Crippen molar-refractivity contribution in [2.45, 2.75) is 37.0 Å². The Labute approximate surface area is 217 Å². The molecule has 202 valence electrons. The van der Waals surface area contributed by atoms with Crippen LogP contribution in [0.1, 0.15) is 12.8 Å². The molecule has 13 heteroatoms. The van der Waals surface area contributed by atoms with E-state index in [9.17, 15) is 0 Å². The first-order valence-electron chi connectivity index (χ1n) is 12.9. The third-order valence-corrected chi connectivity index (χ3v) is 7.02. The molecule has 0 radical (unpaired) electrons. The van der Waals surface area contributed by atoms with E-state index < -0.39 is 0 Å². The van der Waals surface area contributed by atoms with Crippen molar-refractivity contribution >= 4 is 29.2 Å². The Bertz CT molecular complexity index is 1000. The first-order valence-corrected chi connectivity index (χ1v) is 12.9. The number of ether oxygens (including phenoxy) is 2. The Hall–Kier alpha value is -2.97. The smallest absolute Gasteiger partial charge is 0.233 e. The number of aromatic nitrogens is 3. The highest BCUT2D eigenvalue weighted by Crippen LogP contribution is 2.32. The molecule has 3 saturated heterocycles. The van der Waals surface area contributed by atoms with E-state index in [4.69, 9.17) is 47.4 Å². The van der Waals surface area contributed by atoms with Gasteiger partial charge in [0.15, 0.2) is 0 Å². The highest BCUT2D eigenvalue weighted by atomic mass is 16.5. The van der Waals surface area contributed by atoms with E-state index in [1.54, 1.807) is 7.11 Å². The fourth-order valence-electron chi connectivity index (χ4n) is 5.30. The molecule has 3 fully saturated rings. The predicted octanol–water partition coefficient (Wildman–Crippen LogP) is -0.810. The van der Waals surface area contributed by atoms with Crippen LogP contribution in [0.3, 0.4) is 0 Å². The molecule has 4 heterocycles. The summed E-state index contributed by atoms with van der Waals surface area (Å²) < 4.78 is 11.2. The SMILES string of the molecule is COc1cc(N2CCOCC2)ccc1Nc1nc(N2CC(N)CC(N)C2)nc(N2CC(N)CC(N)C2)n1. The van der Waals surface area contributed by atoms with Crippen molar-refractivity contribution in [2.75, 3.05) is 79.6 Å². The minimum absolute atomic E-state index is 0.0509. The molecule has 0 bridgehead atoms.